The molecule has 1 atom stereocenters. The van der Waals surface area contributed by atoms with E-state index in [2.05, 4.69) is 67.6 Å². The second-order valence-electron chi connectivity index (χ2n) is 8.27. The second-order valence-corrected chi connectivity index (χ2v) is 8.27. The molecule has 0 aliphatic rings. The standard InChI is InChI=1S/C25H30N8/c1-17(6-4-5-12-27-3)24-32-21(22-23(26)28-14-15-33(22)24)20-9-7-19(8-10-20)16-30-25-29-13-11-18(2)31-25/h7-11,13-15,17H,3-6,12,16H2,1-2H3,(H2,26,28)(H,29,30,31)/t17-/m0/s1. The summed E-state index contributed by atoms with van der Waals surface area (Å²) in [5.41, 5.74) is 11.1. The second kappa shape index (κ2) is 10.2. The Morgan fingerprint density at radius 2 is 1.91 bits per heavy atom. The van der Waals surface area contributed by atoms with E-state index in [-0.39, 0.29) is 5.92 Å². The molecule has 0 fully saturated rings. The van der Waals surface area contributed by atoms with Crippen LogP contribution in [0.25, 0.3) is 16.8 Å². The number of anilines is 2. The van der Waals surface area contributed by atoms with Gasteiger partial charge in [-0.2, -0.15) is 0 Å². The lowest BCUT2D eigenvalue weighted by atomic mass is 10.0. The minimum atomic E-state index is 0.288. The van der Waals surface area contributed by atoms with Crippen LogP contribution < -0.4 is 11.1 Å². The molecule has 8 nitrogen and oxygen atoms in total. The van der Waals surface area contributed by atoms with Gasteiger partial charge in [0.2, 0.25) is 5.95 Å². The van der Waals surface area contributed by atoms with Gasteiger partial charge in [-0.1, -0.05) is 37.6 Å². The summed E-state index contributed by atoms with van der Waals surface area (Å²) in [5, 5.41) is 3.26. The fourth-order valence-electron chi connectivity index (χ4n) is 3.93. The first-order valence-electron chi connectivity index (χ1n) is 11.2. The predicted octanol–water partition coefficient (Wildman–Crippen LogP) is 4.66. The summed E-state index contributed by atoms with van der Waals surface area (Å²) in [5.74, 6) is 2.40. The fourth-order valence-corrected chi connectivity index (χ4v) is 3.93. The van der Waals surface area contributed by atoms with Gasteiger partial charge in [0.15, 0.2) is 0 Å². The number of nitrogens with two attached hydrogens (primary N) is 1. The first-order chi connectivity index (χ1) is 16.1. The summed E-state index contributed by atoms with van der Waals surface area (Å²) in [6.45, 7) is 9.16. The zero-order valence-electron chi connectivity index (χ0n) is 19.2. The Morgan fingerprint density at radius 1 is 1.09 bits per heavy atom. The van der Waals surface area contributed by atoms with Gasteiger partial charge in [0.05, 0.1) is 0 Å². The maximum atomic E-state index is 6.29. The van der Waals surface area contributed by atoms with Crippen LogP contribution in [0, 0.1) is 6.92 Å². The van der Waals surface area contributed by atoms with Crippen LogP contribution in [0.5, 0.6) is 0 Å². The van der Waals surface area contributed by atoms with Crippen LogP contribution in [0.3, 0.4) is 0 Å². The highest BCUT2D eigenvalue weighted by Gasteiger charge is 2.19. The van der Waals surface area contributed by atoms with Crippen molar-refractivity contribution in [2.75, 3.05) is 17.6 Å². The van der Waals surface area contributed by atoms with Crippen molar-refractivity contribution in [1.82, 2.24) is 24.3 Å². The van der Waals surface area contributed by atoms with Gasteiger partial charge < -0.3 is 16.0 Å². The van der Waals surface area contributed by atoms with Crippen molar-refractivity contribution < 1.29 is 0 Å². The zero-order chi connectivity index (χ0) is 23.2. The van der Waals surface area contributed by atoms with Crippen molar-refractivity contribution in [2.24, 2.45) is 4.99 Å². The maximum absolute atomic E-state index is 6.29. The van der Waals surface area contributed by atoms with Crippen LogP contribution >= 0.6 is 0 Å². The van der Waals surface area contributed by atoms with E-state index in [1.165, 1.54) is 0 Å². The number of aliphatic imine (C=N–C) groups is 1. The minimum absolute atomic E-state index is 0.288. The van der Waals surface area contributed by atoms with Gasteiger partial charge in [0, 0.05) is 48.9 Å². The molecule has 0 radical (unpaired) electrons. The molecule has 0 spiro atoms. The number of imidazole rings is 1. The first-order valence-corrected chi connectivity index (χ1v) is 11.2. The third-order valence-corrected chi connectivity index (χ3v) is 5.73. The third kappa shape index (κ3) is 5.16. The monoisotopic (exact) mass is 442 g/mol. The molecule has 0 amide bonds. The van der Waals surface area contributed by atoms with E-state index in [4.69, 9.17) is 10.7 Å². The SMILES string of the molecule is C=NCCCC[C@H](C)c1nc(-c2ccc(CNc3nccc(C)n3)cc2)c2c(N)nccn12. The van der Waals surface area contributed by atoms with Crippen LogP contribution in [-0.2, 0) is 6.54 Å². The molecule has 3 heterocycles. The molecule has 0 saturated carbocycles. The summed E-state index contributed by atoms with van der Waals surface area (Å²) in [6.07, 6.45) is 8.58. The van der Waals surface area contributed by atoms with E-state index in [0.717, 1.165) is 59.7 Å². The van der Waals surface area contributed by atoms with Crippen molar-refractivity contribution >= 4 is 24.0 Å². The number of unbranched alkanes of at least 4 members (excludes halogenated alkanes) is 1. The maximum Gasteiger partial charge on any atom is 0.223 e. The Bertz CT molecular complexity index is 1230. The van der Waals surface area contributed by atoms with Gasteiger partial charge in [0.1, 0.15) is 22.9 Å². The van der Waals surface area contributed by atoms with Gasteiger partial charge >= 0.3 is 0 Å². The topological polar surface area (TPSA) is 106 Å². The van der Waals surface area contributed by atoms with Crippen LogP contribution in [0.4, 0.5) is 11.8 Å². The van der Waals surface area contributed by atoms with Crippen LogP contribution in [0.15, 0.2) is 53.9 Å². The van der Waals surface area contributed by atoms with Gasteiger partial charge in [0.25, 0.3) is 0 Å². The van der Waals surface area contributed by atoms with Gasteiger partial charge in [-0.05, 0) is 38.1 Å². The summed E-state index contributed by atoms with van der Waals surface area (Å²) < 4.78 is 2.08. The summed E-state index contributed by atoms with van der Waals surface area (Å²) in [6, 6.07) is 10.2. The molecule has 0 unspecified atom stereocenters. The lowest BCUT2D eigenvalue weighted by molar-refractivity contribution is 0.584. The minimum Gasteiger partial charge on any atom is -0.382 e. The summed E-state index contributed by atoms with van der Waals surface area (Å²) >= 11 is 0. The van der Waals surface area contributed by atoms with E-state index >= 15 is 0 Å². The highest BCUT2D eigenvalue weighted by Crippen LogP contribution is 2.32. The molecule has 33 heavy (non-hydrogen) atoms. The van der Waals surface area contributed by atoms with Crippen molar-refractivity contribution in [1.29, 1.82) is 0 Å². The molecule has 4 aromatic rings. The van der Waals surface area contributed by atoms with Crippen LogP contribution in [0.1, 0.15) is 49.2 Å². The average molecular weight is 443 g/mol. The number of nitrogen functional groups attached to an aromatic ring is 1. The molecule has 3 aromatic heterocycles. The first kappa shape index (κ1) is 22.4. The Morgan fingerprint density at radius 3 is 2.67 bits per heavy atom. The van der Waals surface area contributed by atoms with Crippen LogP contribution in [-0.4, -0.2) is 37.6 Å². The number of aryl methyl sites for hydroxylation is 1. The number of benzene rings is 1. The molecule has 1 aromatic carbocycles. The van der Waals surface area contributed by atoms with Gasteiger partial charge in [-0.25, -0.2) is 19.9 Å². The Labute approximate surface area is 194 Å². The highest BCUT2D eigenvalue weighted by atomic mass is 15.1. The molecular formula is C25H30N8. The molecule has 8 heteroatoms. The number of aromatic nitrogens is 5. The summed E-state index contributed by atoms with van der Waals surface area (Å²) in [4.78, 5) is 21.9. The highest BCUT2D eigenvalue weighted by molar-refractivity contribution is 5.85. The fraction of sp³-hybridized carbons (Fsp3) is 0.320. The van der Waals surface area contributed by atoms with E-state index < -0.39 is 0 Å². The van der Waals surface area contributed by atoms with E-state index in [9.17, 15) is 0 Å². The third-order valence-electron chi connectivity index (χ3n) is 5.73. The number of rotatable bonds is 10. The van der Waals surface area contributed by atoms with Crippen molar-refractivity contribution in [3.05, 3.63) is 66.0 Å². The molecule has 0 aliphatic heterocycles. The van der Waals surface area contributed by atoms with Gasteiger partial charge in [-0.3, -0.25) is 4.40 Å². The molecule has 3 N–H and O–H groups in total. The largest absolute Gasteiger partial charge is 0.382 e. The molecule has 0 aliphatic carbocycles. The van der Waals surface area contributed by atoms with Gasteiger partial charge in [-0.15, -0.1) is 0 Å². The Kier molecular flexibility index (Phi) is 6.92. The number of nitrogens with one attached hydrogen (secondary N) is 1. The molecular weight excluding hydrogens is 412 g/mol. The number of hydrogen-bond acceptors (Lipinski definition) is 7. The van der Waals surface area contributed by atoms with E-state index in [1.807, 2.05) is 19.2 Å². The Hall–Kier alpha value is -3.81. The Balaban J connectivity index is 1.56. The van der Waals surface area contributed by atoms with E-state index in [0.29, 0.717) is 18.3 Å². The van der Waals surface area contributed by atoms with E-state index in [1.54, 1.807) is 12.4 Å². The lowest BCUT2D eigenvalue weighted by Crippen LogP contribution is -2.03. The molecule has 0 saturated heterocycles. The zero-order valence-corrected chi connectivity index (χ0v) is 19.2. The number of nitrogens with zero attached hydrogens (tertiary/aromatic N) is 6. The quantitative estimate of drug-likeness (QED) is 0.273. The predicted molar refractivity (Wildman–Crippen MR) is 134 cm³/mol. The number of fused-ring (bicyclic) bond motifs is 1. The van der Waals surface area contributed by atoms with Crippen molar-refractivity contribution in [3.63, 3.8) is 0 Å². The lowest BCUT2D eigenvalue weighted by Gasteiger charge is -2.10. The molecule has 0 bridgehead atoms. The average Bonchev–Trinajstić information content (AvgIpc) is 3.22. The molecule has 170 valence electrons. The normalized spacial score (nSPS) is 12.1. The smallest absolute Gasteiger partial charge is 0.223 e. The summed E-state index contributed by atoms with van der Waals surface area (Å²) in [7, 11) is 0. The molecule has 4 rings (SSSR count). The number of hydrogen-bond donors (Lipinski definition) is 2. The van der Waals surface area contributed by atoms with Crippen molar-refractivity contribution in [3.8, 4) is 11.3 Å². The van der Waals surface area contributed by atoms with Crippen molar-refractivity contribution in [2.45, 2.75) is 45.6 Å². The van der Waals surface area contributed by atoms with Crippen LogP contribution in [0.2, 0.25) is 0 Å².